The van der Waals surface area contributed by atoms with Crippen LogP contribution in [0.1, 0.15) is 66.7 Å². The number of alkyl halides is 2. The van der Waals surface area contributed by atoms with E-state index in [1.54, 1.807) is 7.05 Å². The average molecular weight is 333 g/mol. The molecule has 1 amide bonds. The van der Waals surface area contributed by atoms with Gasteiger partial charge < -0.3 is 5.73 Å². The minimum Gasteiger partial charge on any atom is -0.365 e. The number of rotatable bonds is 3. The van der Waals surface area contributed by atoms with Crippen molar-refractivity contribution in [1.29, 1.82) is 0 Å². The summed E-state index contributed by atoms with van der Waals surface area (Å²) in [6.45, 7) is 6.45. The van der Waals surface area contributed by atoms with Crippen LogP contribution in [0.2, 0.25) is 0 Å². The average Bonchev–Trinajstić information content (AvgIpc) is 2.94. The lowest BCUT2D eigenvalue weighted by atomic mass is 9.85. The van der Waals surface area contributed by atoms with Gasteiger partial charge in [-0.2, -0.15) is 5.10 Å². The summed E-state index contributed by atoms with van der Waals surface area (Å²) >= 11 is 0. The van der Waals surface area contributed by atoms with Crippen LogP contribution >= 0.6 is 0 Å². The largest absolute Gasteiger partial charge is 0.365 e. The van der Waals surface area contributed by atoms with E-state index < -0.39 is 18.0 Å². The van der Waals surface area contributed by atoms with Gasteiger partial charge >= 0.3 is 0 Å². The van der Waals surface area contributed by atoms with Crippen molar-refractivity contribution in [3.8, 4) is 11.3 Å². The summed E-state index contributed by atoms with van der Waals surface area (Å²) in [6, 6.07) is 5.82. The van der Waals surface area contributed by atoms with Crippen LogP contribution in [-0.4, -0.2) is 15.7 Å². The summed E-state index contributed by atoms with van der Waals surface area (Å²) in [5.74, 6) is -0.618. The molecule has 0 fully saturated rings. The molecule has 3 rings (SSSR count). The van der Waals surface area contributed by atoms with Crippen molar-refractivity contribution in [1.82, 2.24) is 9.78 Å². The Kier molecular flexibility index (Phi) is 3.73. The molecular weight excluding hydrogens is 312 g/mol. The van der Waals surface area contributed by atoms with Crippen LogP contribution in [0.25, 0.3) is 11.3 Å². The first kappa shape index (κ1) is 16.6. The van der Waals surface area contributed by atoms with Gasteiger partial charge in [0.2, 0.25) is 0 Å². The van der Waals surface area contributed by atoms with Crippen LogP contribution in [0.5, 0.6) is 0 Å². The Labute approximate surface area is 139 Å². The number of nitrogens with zero attached hydrogens (tertiary/aromatic N) is 2. The third-order valence-electron chi connectivity index (χ3n) is 4.93. The minimum atomic E-state index is -2.85. The number of hydrogen-bond acceptors (Lipinski definition) is 2. The highest BCUT2D eigenvalue weighted by Gasteiger charge is 2.38. The lowest BCUT2D eigenvalue weighted by molar-refractivity contribution is 0.0985. The first-order valence-electron chi connectivity index (χ1n) is 7.93. The van der Waals surface area contributed by atoms with Crippen molar-refractivity contribution in [2.24, 2.45) is 12.8 Å². The molecule has 0 spiro atoms. The Morgan fingerprint density at radius 3 is 2.67 bits per heavy atom. The van der Waals surface area contributed by atoms with E-state index in [1.165, 1.54) is 10.2 Å². The Bertz CT molecular complexity index is 824. The number of halogens is 2. The van der Waals surface area contributed by atoms with Gasteiger partial charge in [0.25, 0.3) is 12.3 Å². The monoisotopic (exact) mass is 333 g/mol. The van der Waals surface area contributed by atoms with Gasteiger partial charge in [-0.05, 0) is 28.9 Å². The van der Waals surface area contributed by atoms with Crippen LogP contribution in [0, 0.1) is 0 Å². The zero-order chi connectivity index (χ0) is 17.8. The normalized spacial score (nSPS) is 18.9. The van der Waals surface area contributed by atoms with Crippen LogP contribution in [0.4, 0.5) is 8.78 Å². The molecule has 4 nitrogen and oxygen atoms in total. The third kappa shape index (κ3) is 2.32. The predicted molar refractivity (Wildman–Crippen MR) is 88.2 cm³/mol. The van der Waals surface area contributed by atoms with E-state index in [9.17, 15) is 13.6 Å². The molecule has 1 aliphatic rings. The van der Waals surface area contributed by atoms with Gasteiger partial charge in [0.1, 0.15) is 5.69 Å². The van der Waals surface area contributed by atoms with Crippen LogP contribution in [0.15, 0.2) is 18.2 Å². The molecule has 0 aliphatic heterocycles. The fourth-order valence-corrected chi connectivity index (χ4v) is 4.12. The highest BCUT2D eigenvalue weighted by atomic mass is 19.3. The number of amides is 1. The Morgan fingerprint density at radius 1 is 1.42 bits per heavy atom. The SMILES string of the molecule is CC1CC(C)(C)c2cccc(-c3c(C(N)=O)c(C(F)F)nn3C)c21. The number of nitrogens with two attached hydrogens (primary N) is 1. The van der Waals surface area contributed by atoms with Gasteiger partial charge in [-0.1, -0.05) is 39.0 Å². The standard InChI is InChI=1S/C18H21F2N3O/c1-9-8-18(2,3)11-7-5-6-10(12(9)11)15-13(17(21)24)14(16(19)20)22-23(15)4/h5-7,9,16H,8H2,1-4H3,(H2,21,24). The van der Waals surface area contributed by atoms with Gasteiger partial charge in [0.05, 0.1) is 11.3 Å². The number of aryl methyl sites for hydroxylation is 1. The van der Waals surface area contributed by atoms with Crippen molar-refractivity contribution in [3.63, 3.8) is 0 Å². The predicted octanol–water partition coefficient (Wildman–Crippen LogP) is 3.91. The van der Waals surface area contributed by atoms with E-state index in [4.69, 9.17) is 5.73 Å². The lowest BCUT2D eigenvalue weighted by Gasteiger charge is -2.19. The summed E-state index contributed by atoms with van der Waals surface area (Å²) in [5, 5.41) is 3.86. The molecule has 0 radical (unpaired) electrons. The van der Waals surface area contributed by atoms with Crippen molar-refractivity contribution < 1.29 is 13.6 Å². The fourth-order valence-electron chi connectivity index (χ4n) is 4.12. The number of aromatic nitrogens is 2. The number of primary amides is 1. The molecule has 1 aromatic heterocycles. The van der Waals surface area contributed by atoms with E-state index in [-0.39, 0.29) is 16.9 Å². The fraction of sp³-hybridized carbons (Fsp3) is 0.444. The van der Waals surface area contributed by atoms with Gasteiger partial charge in [-0.15, -0.1) is 0 Å². The molecule has 1 heterocycles. The Balaban J connectivity index is 2.34. The van der Waals surface area contributed by atoms with Gasteiger partial charge in [-0.3, -0.25) is 9.48 Å². The van der Waals surface area contributed by atoms with Gasteiger partial charge in [-0.25, -0.2) is 8.78 Å². The highest BCUT2D eigenvalue weighted by Crippen LogP contribution is 2.49. The second kappa shape index (κ2) is 5.40. The Morgan fingerprint density at radius 2 is 2.08 bits per heavy atom. The third-order valence-corrected chi connectivity index (χ3v) is 4.93. The van der Waals surface area contributed by atoms with Crippen LogP contribution < -0.4 is 5.73 Å². The number of carbonyl (C=O) groups is 1. The number of carbonyl (C=O) groups excluding carboxylic acids is 1. The highest BCUT2D eigenvalue weighted by molar-refractivity contribution is 6.00. The van der Waals surface area contributed by atoms with Crippen LogP contribution in [0.3, 0.4) is 0 Å². The summed E-state index contributed by atoms with van der Waals surface area (Å²) in [7, 11) is 1.57. The van der Waals surface area contributed by atoms with Gasteiger partial charge in [0, 0.05) is 12.6 Å². The number of fused-ring (bicyclic) bond motifs is 1. The maximum atomic E-state index is 13.3. The molecule has 24 heavy (non-hydrogen) atoms. The van der Waals surface area contributed by atoms with Crippen molar-refractivity contribution in [2.75, 3.05) is 0 Å². The first-order chi connectivity index (χ1) is 11.1. The second-order valence-electron chi connectivity index (χ2n) is 7.15. The smallest absolute Gasteiger partial charge is 0.282 e. The Hall–Kier alpha value is -2.24. The quantitative estimate of drug-likeness (QED) is 0.926. The summed E-state index contributed by atoms with van der Waals surface area (Å²) < 4.78 is 27.9. The molecule has 128 valence electrons. The maximum absolute atomic E-state index is 13.3. The molecule has 0 saturated carbocycles. The van der Waals surface area contributed by atoms with Crippen LogP contribution in [-0.2, 0) is 12.5 Å². The van der Waals surface area contributed by atoms with Crippen molar-refractivity contribution in [3.05, 3.63) is 40.6 Å². The second-order valence-corrected chi connectivity index (χ2v) is 7.15. The molecule has 1 unspecified atom stereocenters. The maximum Gasteiger partial charge on any atom is 0.282 e. The molecule has 6 heteroatoms. The first-order valence-corrected chi connectivity index (χ1v) is 7.93. The molecule has 2 N–H and O–H groups in total. The molecule has 0 saturated heterocycles. The molecule has 1 aromatic carbocycles. The zero-order valence-corrected chi connectivity index (χ0v) is 14.2. The molecule has 1 aliphatic carbocycles. The van der Waals surface area contributed by atoms with E-state index in [0.717, 1.165) is 17.5 Å². The molecule has 1 atom stereocenters. The topological polar surface area (TPSA) is 60.9 Å². The molecule has 2 aromatic rings. The summed E-state index contributed by atoms with van der Waals surface area (Å²) in [4.78, 5) is 11.9. The molecule has 0 bridgehead atoms. The van der Waals surface area contributed by atoms with E-state index in [0.29, 0.717) is 5.69 Å². The van der Waals surface area contributed by atoms with Gasteiger partial charge in [0.15, 0.2) is 0 Å². The van der Waals surface area contributed by atoms with Crippen molar-refractivity contribution in [2.45, 2.75) is 45.0 Å². The lowest BCUT2D eigenvalue weighted by Crippen LogP contribution is -2.15. The number of benzene rings is 1. The van der Waals surface area contributed by atoms with E-state index in [1.807, 2.05) is 12.1 Å². The van der Waals surface area contributed by atoms with E-state index in [2.05, 4.69) is 31.9 Å². The zero-order valence-electron chi connectivity index (χ0n) is 14.2. The number of hydrogen-bond donors (Lipinski definition) is 1. The molecular formula is C18H21F2N3O. The van der Waals surface area contributed by atoms with Crippen molar-refractivity contribution >= 4 is 5.91 Å². The summed E-state index contributed by atoms with van der Waals surface area (Å²) in [5.41, 5.74) is 8.09. The minimum absolute atomic E-state index is 0.00177. The summed E-state index contributed by atoms with van der Waals surface area (Å²) in [6.07, 6.45) is -1.89. The van der Waals surface area contributed by atoms with E-state index >= 15 is 0 Å².